The van der Waals surface area contributed by atoms with Crippen molar-refractivity contribution in [3.05, 3.63) is 22.7 Å². The molecule has 2 N–H and O–H groups in total. The molecule has 6 heteroatoms. The van der Waals surface area contributed by atoms with Crippen molar-refractivity contribution in [3.63, 3.8) is 0 Å². The molecule has 1 aromatic carbocycles. The van der Waals surface area contributed by atoms with Crippen molar-refractivity contribution in [2.24, 2.45) is 0 Å². The molecule has 1 aromatic rings. The standard InChI is InChI=1S/C10H13BrN2O2S/c11-9-7-8(3-4-10(9)12)13-5-1-2-6-16(13,14)15/h3-4,7H,1-2,5-6,12H2. The first kappa shape index (κ1) is 11.7. The molecule has 16 heavy (non-hydrogen) atoms. The van der Waals surface area contributed by atoms with E-state index in [-0.39, 0.29) is 5.75 Å². The van der Waals surface area contributed by atoms with Gasteiger partial charge in [-0.3, -0.25) is 4.31 Å². The Hall–Kier alpha value is -0.750. The van der Waals surface area contributed by atoms with Gasteiger partial charge in [0.2, 0.25) is 10.0 Å². The molecule has 0 aliphatic carbocycles. The average molecular weight is 305 g/mol. The van der Waals surface area contributed by atoms with Crippen molar-refractivity contribution in [1.82, 2.24) is 0 Å². The summed E-state index contributed by atoms with van der Waals surface area (Å²) in [5.74, 6) is 0.231. The number of rotatable bonds is 1. The normalized spacial score (nSPS) is 19.7. The zero-order valence-electron chi connectivity index (χ0n) is 8.69. The maximum atomic E-state index is 11.9. The molecule has 1 fully saturated rings. The molecule has 88 valence electrons. The first-order chi connectivity index (χ1) is 7.50. The first-order valence-corrected chi connectivity index (χ1v) is 7.46. The molecule has 1 aliphatic rings. The minimum Gasteiger partial charge on any atom is -0.398 e. The van der Waals surface area contributed by atoms with E-state index in [1.54, 1.807) is 18.2 Å². The highest BCUT2D eigenvalue weighted by molar-refractivity contribution is 9.10. The lowest BCUT2D eigenvalue weighted by Crippen LogP contribution is -2.37. The summed E-state index contributed by atoms with van der Waals surface area (Å²) in [4.78, 5) is 0. The van der Waals surface area contributed by atoms with Crippen LogP contribution in [0.5, 0.6) is 0 Å². The Bertz CT molecular complexity index is 502. The van der Waals surface area contributed by atoms with Crippen molar-refractivity contribution in [2.75, 3.05) is 22.3 Å². The van der Waals surface area contributed by atoms with Crippen LogP contribution in [0.1, 0.15) is 12.8 Å². The van der Waals surface area contributed by atoms with Gasteiger partial charge in [-0.25, -0.2) is 8.42 Å². The number of halogens is 1. The van der Waals surface area contributed by atoms with Crippen LogP contribution in [0.2, 0.25) is 0 Å². The van der Waals surface area contributed by atoms with Crippen molar-refractivity contribution in [3.8, 4) is 0 Å². The van der Waals surface area contributed by atoms with Crippen LogP contribution < -0.4 is 10.0 Å². The van der Waals surface area contributed by atoms with Crippen LogP contribution in [0.25, 0.3) is 0 Å². The molecular formula is C10H13BrN2O2S. The second kappa shape index (κ2) is 4.25. The Kier molecular flexibility index (Phi) is 3.12. The lowest BCUT2D eigenvalue weighted by Gasteiger charge is -2.28. The molecule has 1 aliphatic heterocycles. The second-order valence-corrected chi connectivity index (χ2v) is 6.67. The topological polar surface area (TPSA) is 63.4 Å². The van der Waals surface area contributed by atoms with Crippen LogP contribution in [0, 0.1) is 0 Å². The third kappa shape index (κ3) is 2.17. The number of sulfonamides is 1. The number of benzene rings is 1. The maximum Gasteiger partial charge on any atom is 0.235 e. The van der Waals surface area contributed by atoms with E-state index in [0.717, 1.165) is 17.3 Å². The molecule has 0 saturated carbocycles. The van der Waals surface area contributed by atoms with Gasteiger partial charge in [0.1, 0.15) is 0 Å². The Morgan fingerprint density at radius 3 is 2.69 bits per heavy atom. The largest absolute Gasteiger partial charge is 0.398 e. The van der Waals surface area contributed by atoms with Gasteiger partial charge in [0.25, 0.3) is 0 Å². The summed E-state index contributed by atoms with van der Waals surface area (Å²) in [6, 6.07) is 5.20. The Morgan fingerprint density at radius 2 is 2.06 bits per heavy atom. The van der Waals surface area contributed by atoms with Gasteiger partial charge in [0, 0.05) is 16.7 Å². The second-order valence-electron chi connectivity index (χ2n) is 3.80. The van der Waals surface area contributed by atoms with E-state index in [1.165, 1.54) is 4.31 Å². The number of hydrogen-bond acceptors (Lipinski definition) is 3. The van der Waals surface area contributed by atoms with Crippen molar-refractivity contribution in [1.29, 1.82) is 0 Å². The summed E-state index contributed by atoms with van der Waals surface area (Å²) in [6.45, 7) is 0.554. The highest BCUT2D eigenvalue weighted by Crippen LogP contribution is 2.29. The number of hydrogen-bond donors (Lipinski definition) is 1. The molecule has 0 unspecified atom stereocenters. The molecule has 0 radical (unpaired) electrons. The van der Waals surface area contributed by atoms with E-state index < -0.39 is 10.0 Å². The average Bonchev–Trinajstić information content (AvgIpc) is 2.22. The van der Waals surface area contributed by atoms with E-state index in [4.69, 9.17) is 5.73 Å². The summed E-state index contributed by atoms with van der Waals surface area (Å²) in [5.41, 5.74) is 6.96. The molecule has 0 atom stereocenters. The van der Waals surface area contributed by atoms with Gasteiger partial charge in [-0.15, -0.1) is 0 Å². The van der Waals surface area contributed by atoms with E-state index in [0.29, 0.717) is 17.9 Å². The minimum absolute atomic E-state index is 0.231. The van der Waals surface area contributed by atoms with Crippen LogP contribution in [0.15, 0.2) is 22.7 Å². The molecule has 1 saturated heterocycles. The van der Waals surface area contributed by atoms with Gasteiger partial charge in [-0.05, 0) is 47.0 Å². The number of nitrogen functional groups attached to an aromatic ring is 1. The van der Waals surface area contributed by atoms with Crippen LogP contribution >= 0.6 is 15.9 Å². The lowest BCUT2D eigenvalue weighted by molar-refractivity contribution is 0.574. The third-order valence-corrected chi connectivity index (χ3v) is 5.18. The van der Waals surface area contributed by atoms with Crippen LogP contribution in [0.3, 0.4) is 0 Å². The fourth-order valence-corrected chi connectivity index (χ4v) is 3.75. The predicted octanol–water partition coefficient (Wildman–Crippen LogP) is 1.96. The van der Waals surface area contributed by atoms with Gasteiger partial charge >= 0.3 is 0 Å². The molecule has 0 spiro atoms. The van der Waals surface area contributed by atoms with Crippen molar-refractivity contribution in [2.45, 2.75) is 12.8 Å². The molecule has 0 aromatic heterocycles. The number of nitrogens with zero attached hydrogens (tertiary/aromatic N) is 1. The van der Waals surface area contributed by atoms with Crippen LogP contribution in [0.4, 0.5) is 11.4 Å². The predicted molar refractivity (Wildman–Crippen MR) is 68.9 cm³/mol. The van der Waals surface area contributed by atoms with Gasteiger partial charge in [0.15, 0.2) is 0 Å². The zero-order valence-corrected chi connectivity index (χ0v) is 11.1. The smallest absolute Gasteiger partial charge is 0.235 e. The van der Waals surface area contributed by atoms with Crippen molar-refractivity contribution >= 4 is 37.3 Å². The zero-order chi connectivity index (χ0) is 11.8. The molecule has 1 heterocycles. The number of anilines is 2. The summed E-state index contributed by atoms with van der Waals surface area (Å²) in [5, 5.41) is 0. The van der Waals surface area contributed by atoms with Gasteiger partial charge in [-0.1, -0.05) is 0 Å². The summed E-state index contributed by atoms with van der Waals surface area (Å²) < 4.78 is 25.9. The van der Waals surface area contributed by atoms with Crippen molar-refractivity contribution < 1.29 is 8.42 Å². The molecule has 0 bridgehead atoms. The van der Waals surface area contributed by atoms with Gasteiger partial charge in [0.05, 0.1) is 11.4 Å². The van der Waals surface area contributed by atoms with Crippen LogP contribution in [-0.4, -0.2) is 20.7 Å². The summed E-state index contributed by atoms with van der Waals surface area (Å²) >= 11 is 3.30. The molecule has 0 amide bonds. The number of nitrogens with two attached hydrogens (primary N) is 1. The fourth-order valence-electron chi connectivity index (χ4n) is 1.75. The monoisotopic (exact) mass is 304 g/mol. The third-order valence-electron chi connectivity index (χ3n) is 2.62. The Labute approximate surface area is 104 Å². The van der Waals surface area contributed by atoms with Gasteiger partial charge < -0.3 is 5.73 Å². The van der Waals surface area contributed by atoms with Gasteiger partial charge in [-0.2, -0.15) is 0 Å². The minimum atomic E-state index is -3.13. The Balaban J connectivity index is 2.39. The molecular weight excluding hydrogens is 292 g/mol. The quantitative estimate of drug-likeness (QED) is 0.807. The fraction of sp³-hybridized carbons (Fsp3) is 0.400. The van der Waals surface area contributed by atoms with E-state index in [9.17, 15) is 8.42 Å². The highest BCUT2D eigenvalue weighted by atomic mass is 79.9. The van der Waals surface area contributed by atoms with E-state index in [2.05, 4.69) is 15.9 Å². The highest BCUT2D eigenvalue weighted by Gasteiger charge is 2.26. The van der Waals surface area contributed by atoms with E-state index in [1.807, 2.05) is 0 Å². The molecule has 2 rings (SSSR count). The molecule has 4 nitrogen and oxygen atoms in total. The summed E-state index contributed by atoms with van der Waals surface area (Å²) in [6.07, 6.45) is 1.65. The maximum absolute atomic E-state index is 11.9. The van der Waals surface area contributed by atoms with Crippen LogP contribution in [-0.2, 0) is 10.0 Å². The first-order valence-electron chi connectivity index (χ1n) is 5.06. The van der Waals surface area contributed by atoms with E-state index >= 15 is 0 Å². The Morgan fingerprint density at radius 1 is 1.31 bits per heavy atom. The summed E-state index contributed by atoms with van der Waals surface area (Å²) in [7, 11) is -3.13. The SMILES string of the molecule is Nc1ccc(N2CCCCS2(=O)=O)cc1Br. The lowest BCUT2D eigenvalue weighted by atomic mass is 10.2.